The molecule has 0 atom stereocenters. The van der Waals surface area contributed by atoms with Gasteiger partial charge < -0.3 is 4.57 Å². The number of rotatable bonds is 1. The van der Waals surface area contributed by atoms with Crippen molar-refractivity contribution >= 4 is 38.5 Å². The van der Waals surface area contributed by atoms with Crippen molar-refractivity contribution < 1.29 is 0 Å². The molecule has 1 aromatic carbocycles. The summed E-state index contributed by atoms with van der Waals surface area (Å²) in [7, 11) is 0. The summed E-state index contributed by atoms with van der Waals surface area (Å²) in [6.45, 7) is 2.94. The molecule has 1 heterocycles. The van der Waals surface area contributed by atoms with Gasteiger partial charge in [0, 0.05) is 6.54 Å². The van der Waals surface area contributed by atoms with E-state index in [9.17, 15) is 0 Å². The van der Waals surface area contributed by atoms with E-state index >= 15 is 0 Å². The lowest BCUT2D eigenvalue weighted by Gasteiger charge is -1.97. The monoisotopic (exact) mass is 258 g/mol. The molecule has 2 nitrogen and oxygen atoms in total. The van der Waals surface area contributed by atoms with Crippen LogP contribution < -0.4 is 4.80 Å². The summed E-state index contributed by atoms with van der Waals surface area (Å²) < 4.78 is 3.21. The Labute approximate surface area is 91.1 Å². The molecule has 2 rings (SSSR count). The zero-order valence-electron chi connectivity index (χ0n) is 7.28. The highest BCUT2D eigenvalue weighted by molar-refractivity contribution is 8.93. The minimum Gasteiger partial charge on any atom is -0.317 e. The quantitative estimate of drug-likeness (QED) is 0.816. The smallest absolute Gasteiger partial charge is 0.182 e. The number of para-hydroxylation sites is 1. The number of hydrogen-bond donors (Lipinski definition) is 1. The fraction of sp³-hybridized carbons (Fsp3) is 0.222. The highest BCUT2D eigenvalue weighted by Gasteiger charge is 2.00. The lowest BCUT2D eigenvalue weighted by atomic mass is 10.3. The Kier molecular flexibility index (Phi) is 3.27. The first-order valence-electron chi connectivity index (χ1n) is 3.96. The maximum absolute atomic E-state index is 7.68. The number of aromatic nitrogens is 1. The molecular formula is C9H11BrN2S. The second-order valence-corrected chi connectivity index (χ2v) is 3.65. The van der Waals surface area contributed by atoms with Gasteiger partial charge in [0.05, 0.1) is 10.2 Å². The number of hydrogen-bond acceptors (Lipinski definition) is 2. The summed E-state index contributed by atoms with van der Waals surface area (Å²) in [5.41, 5.74) is 1.18. The number of benzene rings is 1. The van der Waals surface area contributed by atoms with Crippen LogP contribution in [0.5, 0.6) is 0 Å². The van der Waals surface area contributed by atoms with Gasteiger partial charge >= 0.3 is 0 Å². The molecule has 70 valence electrons. The van der Waals surface area contributed by atoms with E-state index in [0.29, 0.717) is 4.80 Å². The van der Waals surface area contributed by atoms with Crippen LogP contribution in [0.15, 0.2) is 24.3 Å². The third-order valence-electron chi connectivity index (χ3n) is 1.92. The van der Waals surface area contributed by atoms with E-state index in [2.05, 4.69) is 19.1 Å². The summed E-state index contributed by atoms with van der Waals surface area (Å²) in [6.07, 6.45) is 0. The van der Waals surface area contributed by atoms with Crippen LogP contribution in [0.3, 0.4) is 0 Å². The van der Waals surface area contributed by atoms with E-state index in [0.717, 1.165) is 6.54 Å². The van der Waals surface area contributed by atoms with Crippen molar-refractivity contribution in [2.24, 2.45) is 0 Å². The van der Waals surface area contributed by atoms with E-state index in [1.54, 1.807) is 0 Å². The topological polar surface area (TPSA) is 28.8 Å². The Balaban J connectivity index is 0.000000845. The van der Waals surface area contributed by atoms with Gasteiger partial charge in [-0.15, -0.1) is 17.0 Å². The van der Waals surface area contributed by atoms with Crippen molar-refractivity contribution in [1.29, 1.82) is 5.41 Å². The van der Waals surface area contributed by atoms with Crippen molar-refractivity contribution in [3.63, 3.8) is 0 Å². The molecule has 0 amide bonds. The van der Waals surface area contributed by atoms with Crippen LogP contribution >= 0.6 is 28.3 Å². The first kappa shape index (κ1) is 10.5. The molecule has 0 saturated carbocycles. The average molecular weight is 259 g/mol. The Morgan fingerprint density at radius 3 is 2.77 bits per heavy atom. The Morgan fingerprint density at radius 1 is 1.38 bits per heavy atom. The Bertz CT molecular complexity index is 458. The molecule has 13 heavy (non-hydrogen) atoms. The van der Waals surface area contributed by atoms with Crippen LogP contribution in [0.4, 0.5) is 0 Å². The minimum atomic E-state index is 0. The highest BCUT2D eigenvalue weighted by atomic mass is 79.9. The molecule has 0 aliphatic heterocycles. The first-order chi connectivity index (χ1) is 5.83. The normalized spacial score (nSPS) is 9.92. The molecule has 0 aliphatic rings. The lowest BCUT2D eigenvalue weighted by Crippen LogP contribution is -2.10. The Hall–Kier alpha value is -0.610. The molecule has 0 unspecified atom stereocenters. The molecule has 0 fully saturated rings. The maximum Gasteiger partial charge on any atom is 0.182 e. The molecule has 0 saturated heterocycles. The SMILES string of the molecule is Br.CCn1c(=N)sc2ccccc21. The zero-order valence-corrected chi connectivity index (χ0v) is 9.81. The molecule has 0 spiro atoms. The standard InChI is InChI=1S/C9H10N2S.BrH/c1-2-11-7-5-3-4-6-8(7)12-9(11)10;/h3-6,10H,2H2,1H3;1H. The number of aryl methyl sites for hydroxylation is 1. The van der Waals surface area contributed by atoms with Gasteiger partial charge in [0.2, 0.25) is 0 Å². The van der Waals surface area contributed by atoms with Crippen LogP contribution in [-0.2, 0) is 6.54 Å². The average Bonchev–Trinajstić information content (AvgIpc) is 2.40. The van der Waals surface area contributed by atoms with E-state index in [-0.39, 0.29) is 17.0 Å². The number of nitrogens with one attached hydrogen (secondary N) is 1. The second kappa shape index (κ2) is 4.07. The van der Waals surface area contributed by atoms with Crippen molar-refractivity contribution in [2.75, 3.05) is 0 Å². The van der Waals surface area contributed by atoms with Crippen LogP contribution in [-0.4, -0.2) is 4.57 Å². The first-order valence-corrected chi connectivity index (χ1v) is 4.77. The van der Waals surface area contributed by atoms with Crippen LogP contribution in [0.2, 0.25) is 0 Å². The largest absolute Gasteiger partial charge is 0.317 e. The van der Waals surface area contributed by atoms with Crippen molar-refractivity contribution in [3.05, 3.63) is 29.1 Å². The lowest BCUT2D eigenvalue weighted by molar-refractivity contribution is 0.755. The Morgan fingerprint density at radius 2 is 2.08 bits per heavy atom. The van der Waals surface area contributed by atoms with Crippen molar-refractivity contribution in [1.82, 2.24) is 4.57 Å². The predicted molar refractivity (Wildman–Crippen MR) is 61.7 cm³/mol. The van der Waals surface area contributed by atoms with E-state index in [4.69, 9.17) is 5.41 Å². The molecular weight excluding hydrogens is 248 g/mol. The van der Waals surface area contributed by atoms with Crippen LogP contribution in [0, 0.1) is 5.41 Å². The van der Waals surface area contributed by atoms with Crippen LogP contribution in [0.1, 0.15) is 6.92 Å². The van der Waals surface area contributed by atoms with E-state index in [1.165, 1.54) is 21.6 Å². The van der Waals surface area contributed by atoms with Crippen LogP contribution in [0.25, 0.3) is 10.2 Å². The minimum absolute atomic E-state index is 0. The van der Waals surface area contributed by atoms with Gasteiger partial charge in [-0.3, -0.25) is 5.41 Å². The molecule has 2 aromatic rings. The maximum atomic E-state index is 7.68. The molecule has 0 aliphatic carbocycles. The van der Waals surface area contributed by atoms with E-state index < -0.39 is 0 Å². The zero-order chi connectivity index (χ0) is 8.55. The highest BCUT2D eigenvalue weighted by Crippen LogP contribution is 2.15. The molecule has 0 bridgehead atoms. The summed E-state index contributed by atoms with van der Waals surface area (Å²) in [4.78, 5) is 0.638. The number of thiazole rings is 1. The van der Waals surface area contributed by atoms with Gasteiger partial charge in [-0.2, -0.15) is 0 Å². The van der Waals surface area contributed by atoms with Gasteiger partial charge in [0.25, 0.3) is 0 Å². The van der Waals surface area contributed by atoms with E-state index in [1.807, 2.05) is 16.7 Å². The van der Waals surface area contributed by atoms with Gasteiger partial charge in [0.15, 0.2) is 4.80 Å². The van der Waals surface area contributed by atoms with Crippen molar-refractivity contribution in [2.45, 2.75) is 13.5 Å². The van der Waals surface area contributed by atoms with Gasteiger partial charge in [0.1, 0.15) is 0 Å². The summed E-state index contributed by atoms with van der Waals surface area (Å²) >= 11 is 1.53. The molecule has 0 radical (unpaired) electrons. The summed E-state index contributed by atoms with van der Waals surface area (Å²) in [5.74, 6) is 0. The fourth-order valence-electron chi connectivity index (χ4n) is 1.35. The van der Waals surface area contributed by atoms with Gasteiger partial charge in [-0.1, -0.05) is 23.5 Å². The third-order valence-corrected chi connectivity index (χ3v) is 2.90. The molecule has 4 heteroatoms. The summed E-state index contributed by atoms with van der Waals surface area (Å²) in [5, 5.41) is 7.68. The van der Waals surface area contributed by atoms with Gasteiger partial charge in [-0.25, -0.2) is 0 Å². The number of nitrogens with zero attached hydrogens (tertiary/aromatic N) is 1. The molecule has 1 aromatic heterocycles. The van der Waals surface area contributed by atoms with Gasteiger partial charge in [-0.05, 0) is 19.1 Å². The molecule has 1 N–H and O–H groups in total. The number of fused-ring (bicyclic) bond motifs is 1. The summed E-state index contributed by atoms with van der Waals surface area (Å²) in [6, 6.07) is 8.15. The van der Waals surface area contributed by atoms with Crippen molar-refractivity contribution in [3.8, 4) is 0 Å². The third kappa shape index (κ3) is 1.69. The fourth-order valence-corrected chi connectivity index (χ4v) is 2.32. The second-order valence-electron chi connectivity index (χ2n) is 2.62. The number of halogens is 1. The predicted octanol–water partition coefficient (Wildman–Crippen LogP) is 2.78.